The molecule has 2 aromatic rings. The molecule has 0 fully saturated rings. The third kappa shape index (κ3) is 3.66. The van der Waals surface area contributed by atoms with Gasteiger partial charge in [-0.15, -0.1) is 0 Å². The van der Waals surface area contributed by atoms with Crippen LogP contribution in [-0.4, -0.2) is 6.04 Å². The molecule has 1 N–H and O–H groups in total. The smallest absolute Gasteiger partial charge is 0.148 e. The molecule has 0 saturated carbocycles. The van der Waals surface area contributed by atoms with Gasteiger partial charge >= 0.3 is 0 Å². The second-order valence-electron chi connectivity index (χ2n) is 5.07. The zero-order chi connectivity index (χ0) is 15.6. The fourth-order valence-corrected chi connectivity index (χ4v) is 2.30. The Morgan fingerprint density at radius 2 is 1.71 bits per heavy atom. The summed E-state index contributed by atoms with van der Waals surface area (Å²) in [6.07, 6.45) is 0. The number of benzene rings is 2. The van der Waals surface area contributed by atoms with Crippen molar-refractivity contribution in [2.24, 2.45) is 0 Å². The average Bonchev–Trinajstić information content (AvgIpc) is 2.43. The fraction of sp³-hybridized carbons (Fsp3) is 0.250. The Morgan fingerprint density at radius 1 is 1.05 bits per heavy atom. The molecular weight excluding hydrogens is 343 g/mol. The molecule has 0 unspecified atom stereocenters. The first-order valence-corrected chi connectivity index (χ1v) is 7.35. The Kier molecular flexibility index (Phi) is 5.06. The van der Waals surface area contributed by atoms with Crippen molar-refractivity contribution >= 4 is 15.9 Å². The Bertz CT molecular complexity index is 656. The van der Waals surface area contributed by atoms with Crippen LogP contribution in [0.25, 0.3) is 11.1 Å². The average molecular weight is 358 g/mol. The van der Waals surface area contributed by atoms with E-state index in [2.05, 4.69) is 21.2 Å². The number of nitrogens with one attached hydrogen (secondary N) is 1. The van der Waals surface area contributed by atoms with Crippen LogP contribution in [-0.2, 0) is 6.54 Å². The highest BCUT2D eigenvalue weighted by Crippen LogP contribution is 2.32. The van der Waals surface area contributed by atoms with Gasteiger partial charge < -0.3 is 5.32 Å². The van der Waals surface area contributed by atoms with Crippen molar-refractivity contribution in [2.45, 2.75) is 26.4 Å². The molecule has 0 aliphatic heterocycles. The van der Waals surface area contributed by atoms with E-state index < -0.39 is 17.5 Å². The maximum atomic E-state index is 14.1. The maximum Gasteiger partial charge on any atom is 0.148 e. The van der Waals surface area contributed by atoms with Gasteiger partial charge in [-0.2, -0.15) is 0 Å². The van der Waals surface area contributed by atoms with Crippen molar-refractivity contribution in [3.8, 4) is 11.1 Å². The lowest BCUT2D eigenvalue weighted by Crippen LogP contribution is -2.21. The Labute approximate surface area is 130 Å². The molecule has 0 aromatic heterocycles. The quantitative estimate of drug-likeness (QED) is 0.756. The largest absolute Gasteiger partial charge is 0.310 e. The highest BCUT2D eigenvalue weighted by molar-refractivity contribution is 9.10. The minimum atomic E-state index is -0.803. The first-order chi connectivity index (χ1) is 9.90. The van der Waals surface area contributed by atoms with Crippen molar-refractivity contribution in [1.29, 1.82) is 0 Å². The summed E-state index contributed by atoms with van der Waals surface area (Å²) in [6, 6.07) is 6.93. The molecule has 112 valence electrons. The van der Waals surface area contributed by atoms with Gasteiger partial charge in [-0.1, -0.05) is 19.9 Å². The van der Waals surface area contributed by atoms with E-state index in [1.807, 2.05) is 13.8 Å². The van der Waals surface area contributed by atoms with Crippen molar-refractivity contribution in [3.63, 3.8) is 0 Å². The molecule has 21 heavy (non-hydrogen) atoms. The standard InChI is InChI=1S/C16H15BrF3N/c1-9(2)21-8-10-3-5-13(18)11(7-10)15-14(19)6-4-12(17)16(15)20/h3-7,9,21H,8H2,1-2H3. The van der Waals surface area contributed by atoms with Crippen LogP contribution in [0.3, 0.4) is 0 Å². The molecule has 0 aliphatic carbocycles. The van der Waals surface area contributed by atoms with Crippen LogP contribution >= 0.6 is 15.9 Å². The minimum Gasteiger partial charge on any atom is -0.310 e. The molecule has 0 atom stereocenters. The number of rotatable bonds is 4. The molecule has 0 aliphatic rings. The van der Waals surface area contributed by atoms with Gasteiger partial charge in [0, 0.05) is 18.2 Å². The third-order valence-electron chi connectivity index (χ3n) is 3.06. The lowest BCUT2D eigenvalue weighted by molar-refractivity contribution is 0.575. The van der Waals surface area contributed by atoms with Gasteiger partial charge in [0.2, 0.25) is 0 Å². The van der Waals surface area contributed by atoms with E-state index in [9.17, 15) is 13.2 Å². The molecule has 2 rings (SSSR count). The van der Waals surface area contributed by atoms with E-state index in [0.29, 0.717) is 6.54 Å². The lowest BCUT2D eigenvalue weighted by atomic mass is 10.0. The Balaban J connectivity index is 2.49. The molecule has 2 aromatic carbocycles. The molecule has 0 spiro atoms. The summed E-state index contributed by atoms with van der Waals surface area (Å²) >= 11 is 2.99. The predicted molar refractivity (Wildman–Crippen MR) is 81.4 cm³/mol. The van der Waals surface area contributed by atoms with E-state index in [-0.39, 0.29) is 21.6 Å². The Hall–Kier alpha value is -1.33. The molecular formula is C16H15BrF3N. The summed E-state index contributed by atoms with van der Waals surface area (Å²) in [5, 5.41) is 3.18. The van der Waals surface area contributed by atoms with E-state index >= 15 is 0 Å². The second kappa shape index (κ2) is 6.62. The number of hydrogen-bond donors (Lipinski definition) is 1. The van der Waals surface area contributed by atoms with Crippen LogP contribution < -0.4 is 5.32 Å². The first kappa shape index (κ1) is 16.0. The van der Waals surface area contributed by atoms with Crippen molar-refractivity contribution in [1.82, 2.24) is 5.32 Å². The summed E-state index contributed by atoms with van der Waals surface area (Å²) in [7, 11) is 0. The topological polar surface area (TPSA) is 12.0 Å². The first-order valence-electron chi connectivity index (χ1n) is 6.56. The van der Waals surface area contributed by atoms with Crippen LogP contribution in [0.15, 0.2) is 34.8 Å². The summed E-state index contributed by atoms with van der Waals surface area (Å²) in [5.41, 5.74) is 0.335. The van der Waals surface area contributed by atoms with Crippen molar-refractivity contribution < 1.29 is 13.2 Å². The van der Waals surface area contributed by atoms with Gasteiger partial charge in [0.1, 0.15) is 17.5 Å². The van der Waals surface area contributed by atoms with Gasteiger partial charge in [-0.3, -0.25) is 0 Å². The summed E-state index contributed by atoms with van der Waals surface area (Å²) < 4.78 is 42.1. The number of halogens is 4. The fourth-order valence-electron chi connectivity index (χ4n) is 1.97. The number of hydrogen-bond acceptors (Lipinski definition) is 1. The van der Waals surface area contributed by atoms with Gasteiger partial charge in [0.05, 0.1) is 10.0 Å². The summed E-state index contributed by atoms with van der Waals surface area (Å²) in [4.78, 5) is 0. The minimum absolute atomic E-state index is 0.0747. The normalized spacial score (nSPS) is 11.2. The lowest BCUT2D eigenvalue weighted by Gasteiger charge is -2.12. The predicted octanol–water partition coefficient (Wildman–Crippen LogP) is 5.03. The monoisotopic (exact) mass is 357 g/mol. The van der Waals surface area contributed by atoms with E-state index in [1.165, 1.54) is 18.2 Å². The van der Waals surface area contributed by atoms with Crippen molar-refractivity contribution in [3.05, 3.63) is 57.8 Å². The molecule has 0 radical (unpaired) electrons. The molecule has 5 heteroatoms. The Morgan fingerprint density at radius 3 is 2.38 bits per heavy atom. The maximum absolute atomic E-state index is 14.1. The van der Waals surface area contributed by atoms with Gasteiger partial charge in [0.15, 0.2) is 0 Å². The summed E-state index contributed by atoms with van der Waals surface area (Å²) in [6.45, 7) is 4.47. The SMILES string of the molecule is CC(C)NCc1ccc(F)c(-c2c(F)ccc(Br)c2F)c1. The zero-order valence-corrected chi connectivity index (χ0v) is 13.3. The van der Waals surface area contributed by atoms with E-state index in [4.69, 9.17) is 0 Å². The van der Waals surface area contributed by atoms with Gasteiger partial charge in [-0.05, 0) is 45.8 Å². The van der Waals surface area contributed by atoms with E-state index in [1.54, 1.807) is 6.07 Å². The molecule has 0 amide bonds. The third-order valence-corrected chi connectivity index (χ3v) is 3.67. The van der Waals surface area contributed by atoms with E-state index in [0.717, 1.165) is 11.6 Å². The molecule has 0 saturated heterocycles. The van der Waals surface area contributed by atoms with Gasteiger partial charge in [-0.25, -0.2) is 13.2 Å². The molecule has 1 nitrogen and oxygen atoms in total. The second-order valence-corrected chi connectivity index (χ2v) is 5.92. The van der Waals surface area contributed by atoms with Crippen LogP contribution in [0.4, 0.5) is 13.2 Å². The van der Waals surface area contributed by atoms with Crippen LogP contribution in [0.1, 0.15) is 19.4 Å². The highest BCUT2D eigenvalue weighted by Gasteiger charge is 2.18. The zero-order valence-electron chi connectivity index (χ0n) is 11.7. The van der Waals surface area contributed by atoms with Gasteiger partial charge in [0.25, 0.3) is 0 Å². The summed E-state index contributed by atoms with van der Waals surface area (Å²) in [5.74, 6) is -2.24. The van der Waals surface area contributed by atoms with Crippen molar-refractivity contribution in [2.75, 3.05) is 0 Å². The van der Waals surface area contributed by atoms with Crippen LogP contribution in [0, 0.1) is 17.5 Å². The molecule has 0 bridgehead atoms. The van der Waals surface area contributed by atoms with Crippen LogP contribution in [0.2, 0.25) is 0 Å². The van der Waals surface area contributed by atoms with Crippen LogP contribution in [0.5, 0.6) is 0 Å². The highest BCUT2D eigenvalue weighted by atomic mass is 79.9. The molecule has 0 heterocycles.